The maximum atomic E-state index is 12.8. The first-order valence-electron chi connectivity index (χ1n) is 10.9. The highest BCUT2D eigenvalue weighted by Crippen LogP contribution is 2.26. The Kier molecular flexibility index (Phi) is 6.07. The minimum absolute atomic E-state index is 0.0519. The van der Waals surface area contributed by atoms with E-state index in [4.69, 9.17) is 4.74 Å². The number of benzene rings is 2. The Morgan fingerprint density at radius 2 is 1.62 bits per heavy atom. The molecule has 2 aromatic carbocycles. The molecule has 0 atom stereocenters. The van der Waals surface area contributed by atoms with Crippen molar-refractivity contribution in [1.29, 1.82) is 0 Å². The molecule has 156 valence electrons. The van der Waals surface area contributed by atoms with E-state index in [-0.39, 0.29) is 18.1 Å². The van der Waals surface area contributed by atoms with Crippen LogP contribution in [0, 0.1) is 0 Å². The summed E-state index contributed by atoms with van der Waals surface area (Å²) in [6.07, 6.45) is 3.46. The minimum Gasteiger partial charge on any atom is -0.490 e. The molecule has 2 aliphatic rings. The third kappa shape index (κ3) is 4.73. The van der Waals surface area contributed by atoms with Gasteiger partial charge in [-0.2, -0.15) is 0 Å². The van der Waals surface area contributed by atoms with E-state index in [0.29, 0.717) is 37.5 Å². The lowest BCUT2D eigenvalue weighted by Gasteiger charge is -2.34. The lowest BCUT2D eigenvalue weighted by molar-refractivity contribution is 0.0546. The average Bonchev–Trinajstić information content (AvgIpc) is 2.74. The number of hydrogen-bond acceptors (Lipinski definition) is 4. The molecule has 5 nitrogen and oxygen atoms in total. The fourth-order valence-electron chi connectivity index (χ4n) is 4.38. The molecule has 0 radical (unpaired) electrons. The van der Waals surface area contributed by atoms with Crippen molar-refractivity contribution in [3.63, 3.8) is 0 Å². The molecule has 0 saturated carbocycles. The van der Waals surface area contributed by atoms with Gasteiger partial charge in [0.2, 0.25) is 0 Å². The van der Waals surface area contributed by atoms with E-state index in [1.165, 1.54) is 0 Å². The average molecular weight is 397 g/mol. The lowest BCUT2D eigenvalue weighted by Crippen LogP contribution is -2.41. The summed E-state index contributed by atoms with van der Waals surface area (Å²) in [6.45, 7) is 7.93. The van der Waals surface area contributed by atoms with E-state index in [0.717, 1.165) is 42.5 Å². The van der Waals surface area contributed by atoms with Gasteiger partial charge in [-0.1, -0.05) is 12.1 Å². The van der Waals surface area contributed by atoms with Crippen LogP contribution in [0.25, 0.3) is 10.8 Å². The van der Waals surface area contributed by atoms with Crippen LogP contribution in [-0.2, 0) is 0 Å². The molecule has 2 aliphatic heterocycles. The summed E-state index contributed by atoms with van der Waals surface area (Å²) in [7, 11) is 0. The van der Waals surface area contributed by atoms with E-state index < -0.39 is 0 Å². The minimum atomic E-state index is -0.272. The molecule has 1 N–H and O–H groups in total. The van der Waals surface area contributed by atoms with Gasteiger partial charge in [0, 0.05) is 37.8 Å². The van der Waals surface area contributed by atoms with Crippen LogP contribution in [0.3, 0.4) is 0 Å². The largest absolute Gasteiger partial charge is 0.490 e. The van der Waals surface area contributed by atoms with Crippen LogP contribution in [0.1, 0.15) is 49.9 Å². The number of aliphatic hydroxyl groups excluding tert-OH is 1. The first kappa shape index (κ1) is 20.2. The number of amides is 1. The number of carbonyl (C=O) groups is 1. The van der Waals surface area contributed by atoms with Gasteiger partial charge in [-0.3, -0.25) is 4.79 Å². The predicted molar refractivity (Wildman–Crippen MR) is 115 cm³/mol. The van der Waals surface area contributed by atoms with Gasteiger partial charge < -0.3 is 19.6 Å². The number of hydrogen-bond donors (Lipinski definition) is 1. The van der Waals surface area contributed by atoms with Gasteiger partial charge in [0.05, 0.1) is 6.10 Å². The summed E-state index contributed by atoms with van der Waals surface area (Å²) >= 11 is 0. The molecule has 0 aromatic heterocycles. The second-order valence-electron chi connectivity index (χ2n) is 8.69. The maximum Gasteiger partial charge on any atom is 0.253 e. The normalized spacial score (nSPS) is 19.8. The number of likely N-dealkylation sites (tertiary alicyclic amines) is 2. The number of carbonyl (C=O) groups excluding carboxylic acids is 1. The molecule has 1 amide bonds. The second kappa shape index (κ2) is 8.72. The van der Waals surface area contributed by atoms with Crippen molar-refractivity contribution >= 4 is 16.7 Å². The smallest absolute Gasteiger partial charge is 0.253 e. The number of nitrogens with zero attached hydrogens (tertiary/aromatic N) is 2. The molecule has 0 unspecified atom stereocenters. The monoisotopic (exact) mass is 396 g/mol. The quantitative estimate of drug-likeness (QED) is 0.856. The Balaban J connectivity index is 1.41. The highest BCUT2D eigenvalue weighted by molar-refractivity contribution is 5.98. The third-order valence-corrected chi connectivity index (χ3v) is 6.32. The van der Waals surface area contributed by atoms with Gasteiger partial charge in [-0.15, -0.1) is 0 Å². The first-order valence-corrected chi connectivity index (χ1v) is 10.9. The molecule has 5 heteroatoms. The van der Waals surface area contributed by atoms with E-state index >= 15 is 0 Å². The SMILES string of the molecule is CC(C)N1CCC(Oc2ccc3cc(C(=O)N4CCC(O)CC4)ccc3c2)CC1. The van der Waals surface area contributed by atoms with Crippen molar-refractivity contribution < 1.29 is 14.6 Å². The van der Waals surface area contributed by atoms with Crippen LogP contribution >= 0.6 is 0 Å². The molecular weight excluding hydrogens is 364 g/mol. The standard InChI is InChI=1S/C24H32N2O3/c1-17(2)25-13-9-22(10-14-25)29-23-6-5-18-15-20(4-3-19(18)16-23)24(28)26-11-7-21(27)8-12-26/h3-6,15-17,21-22,27H,7-14H2,1-2H3. The highest BCUT2D eigenvalue weighted by atomic mass is 16.5. The zero-order valence-corrected chi connectivity index (χ0v) is 17.5. The van der Waals surface area contributed by atoms with Crippen molar-refractivity contribution in [1.82, 2.24) is 9.80 Å². The topological polar surface area (TPSA) is 53.0 Å². The molecule has 4 rings (SSSR count). The molecule has 0 bridgehead atoms. The summed E-state index contributed by atoms with van der Waals surface area (Å²) in [4.78, 5) is 17.1. The predicted octanol–water partition coefficient (Wildman–Crippen LogP) is 3.69. The van der Waals surface area contributed by atoms with Crippen LogP contribution in [0.5, 0.6) is 5.75 Å². The zero-order chi connectivity index (χ0) is 20.4. The summed E-state index contributed by atoms with van der Waals surface area (Å²) in [6, 6.07) is 12.6. The number of piperidine rings is 2. The first-order chi connectivity index (χ1) is 14.0. The molecule has 2 fully saturated rings. The number of aliphatic hydroxyl groups is 1. The van der Waals surface area contributed by atoms with Gasteiger partial charge >= 0.3 is 0 Å². The second-order valence-corrected chi connectivity index (χ2v) is 8.69. The van der Waals surface area contributed by atoms with E-state index in [1.807, 2.05) is 35.2 Å². The molecule has 2 heterocycles. The van der Waals surface area contributed by atoms with Gasteiger partial charge in [-0.25, -0.2) is 0 Å². The fraction of sp³-hybridized carbons (Fsp3) is 0.542. The van der Waals surface area contributed by atoms with Crippen LogP contribution in [0.2, 0.25) is 0 Å². The Morgan fingerprint density at radius 3 is 2.31 bits per heavy atom. The Labute approximate surface area is 173 Å². The van der Waals surface area contributed by atoms with Gasteiger partial charge in [0.25, 0.3) is 5.91 Å². The third-order valence-electron chi connectivity index (χ3n) is 6.32. The van der Waals surface area contributed by atoms with Crippen LogP contribution < -0.4 is 4.74 Å². The number of ether oxygens (including phenoxy) is 1. The molecule has 2 aromatic rings. The Hall–Kier alpha value is -2.11. The van der Waals surface area contributed by atoms with E-state index in [1.54, 1.807) is 0 Å². The summed E-state index contributed by atoms with van der Waals surface area (Å²) in [5.74, 6) is 0.959. The van der Waals surface area contributed by atoms with Crippen molar-refractivity contribution in [2.24, 2.45) is 0 Å². The molecule has 29 heavy (non-hydrogen) atoms. The van der Waals surface area contributed by atoms with Crippen molar-refractivity contribution in [3.8, 4) is 5.75 Å². The Morgan fingerprint density at radius 1 is 0.966 bits per heavy atom. The molecule has 2 saturated heterocycles. The molecular formula is C24H32N2O3. The van der Waals surface area contributed by atoms with Gasteiger partial charge in [0.1, 0.15) is 11.9 Å². The summed E-state index contributed by atoms with van der Waals surface area (Å²) < 4.78 is 6.25. The summed E-state index contributed by atoms with van der Waals surface area (Å²) in [5.41, 5.74) is 0.712. The van der Waals surface area contributed by atoms with Gasteiger partial charge in [0.15, 0.2) is 0 Å². The van der Waals surface area contributed by atoms with Crippen molar-refractivity contribution in [2.75, 3.05) is 26.2 Å². The molecule has 0 aliphatic carbocycles. The van der Waals surface area contributed by atoms with E-state index in [9.17, 15) is 9.90 Å². The van der Waals surface area contributed by atoms with Crippen molar-refractivity contribution in [3.05, 3.63) is 42.0 Å². The van der Waals surface area contributed by atoms with Crippen molar-refractivity contribution in [2.45, 2.75) is 57.8 Å². The molecule has 0 spiro atoms. The van der Waals surface area contributed by atoms with E-state index in [2.05, 4.69) is 24.8 Å². The zero-order valence-electron chi connectivity index (χ0n) is 17.5. The maximum absolute atomic E-state index is 12.8. The van der Waals surface area contributed by atoms with Crippen LogP contribution in [0.4, 0.5) is 0 Å². The highest BCUT2D eigenvalue weighted by Gasteiger charge is 2.23. The van der Waals surface area contributed by atoms with Crippen LogP contribution in [-0.4, -0.2) is 65.2 Å². The summed E-state index contributed by atoms with van der Waals surface area (Å²) in [5, 5.41) is 11.8. The number of fused-ring (bicyclic) bond motifs is 1. The lowest BCUT2D eigenvalue weighted by atomic mass is 10.0. The fourth-order valence-corrected chi connectivity index (χ4v) is 4.38. The number of rotatable bonds is 4. The Bertz CT molecular complexity index is 850. The van der Waals surface area contributed by atoms with Crippen LogP contribution in [0.15, 0.2) is 36.4 Å². The van der Waals surface area contributed by atoms with Gasteiger partial charge in [-0.05, 0) is 74.6 Å².